The summed E-state index contributed by atoms with van der Waals surface area (Å²) in [4.78, 5) is 15.3. The molecule has 0 amide bonds. The average Bonchev–Trinajstić information content (AvgIpc) is 3.15. The number of anilines is 2. The van der Waals surface area contributed by atoms with E-state index in [1.165, 1.54) is 11.4 Å². The van der Waals surface area contributed by atoms with E-state index in [1.807, 2.05) is 6.07 Å². The van der Waals surface area contributed by atoms with Gasteiger partial charge in [-0.15, -0.1) is 11.3 Å². The van der Waals surface area contributed by atoms with Crippen LogP contribution < -0.4 is 10.6 Å². The average molecular weight is 278 g/mol. The molecule has 0 radical (unpaired) electrons. The third kappa shape index (κ3) is 2.50. The fraction of sp³-hybridized carbons (Fsp3) is 0.667. The van der Waals surface area contributed by atoms with Crippen LogP contribution in [0.1, 0.15) is 42.8 Å². The summed E-state index contributed by atoms with van der Waals surface area (Å²) in [7, 11) is 0. The monoisotopic (exact) mass is 278 g/mol. The van der Waals surface area contributed by atoms with Crippen LogP contribution in [-0.4, -0.2) is 18.9 Å². The van der Waals surface area contributed by atoms with Crippen LogP contribution in [0.3, 0.4) is 0 Å². The Kier molecular flexibility index (Phi) is 3.29. The normalized spacial score (nSPS) is 27.6. The molecule has 1 aliphatic carbocycles. The highest BCUT2D eigenvalue weighted by atomic mass is 32.1. The maximum atomic E-state index is 12.2. The Bertz CT molecular complexity index is 492. The van der Waals surface area contributed by atoms with Gasteiger partial charge in [-0.05, 0) is 37.2 Å². The Morgan fingerprint density at radius 3 is 2.68 bits per heavy atom. The van der Waals surface area contributed by atoms with Crippen molar-refractivity contribution < 1.29 is 4.79 Å². The number of piperidine rings is 1. The summed E-state index contributed by atoms with van der Waals surface area (Å²) in [5.74, 6) is 2.03. The number of carbonyl (C=O) groups excluding carboxylic acids is 1. The number of carbonyl (C=O) groups is 1. The molecule has 1 aromatic rings. The van der Waals surface area contributed by atoms with E-state index < -0.39 is 0 Å². The van der Waals surface area contributed by atoms with Crippen molar-refractivity contribution in [1.82, 2.24) is 0 Å². The third-order valence-corrected chi connectivity index (χ3v) is 5.79. The molecule has 1 aromatic heterocycles. The van der Waals surface area contributed by atoms with Crippen LogP contribution in [0.5, 0.6) is 0 Å². The molecule has 1 aliphatic heterocycles. The second kappa shape index (κ2) is 4.82. The quantitative estimate of drug-likeness (QED) is 0.862. The lowest BCUT2D eigenvalue weighted by Gasteiger charge is -2.35. The van der Waals surface area contributed by atoms with Crippen LogP contribution in [-0.2, 0) is 0 Å². The standard InChI is InChI=1S/C15H22N2OS/c1-9-5-6-17(8-10(9)2)13-7-12(16)15(19-13)14(18)11-3-4-11/h7,9-11H,3-6,8,16H2,1-2H3. The highest BCUT2D eigenvalue weighted by Crippen LogP contribution is 2.40. The van der Waals surface area contributed by atoms with Crippen molar-refractivity contribution in [2.24, 2.45) is 17.8 Å². The number of ketones is 1. The number of thiophene rings is 1. The third-order valence-electron chi connectivity index (χ3n) is 4.57. The minimum atomic E-state index is 0.258. The van der Waals surface area contributed by atoms with Gasteiger partial charge in [0.05, 0.1) is 15.6 Å². The maximum absolute atomic E-state index is 12.2. The first-order valence-corrected chi connectivity index (χ1v) is 8.06. The molecular formula is C15H22N2OS. The predicted molar refractivity (Wildman–Crippen MR) is 80.9 cm³/mol. The molecule has 2 heterocycles. The van der Waals surface area contributed by atoms with E-state index in [1.54, 1.807) is 11.3 Å². The zero-order valence-corrected chi connectivity index (χ0v) is 12.5. The van der Waals surface area contributed by atoms with E-state index >= 15 is 0 Å². The van der Waals surface area contributed by atoms with Gasteiger partial charge in [0.1, 0.15) is 0 Å². The van der Waals surface area contributed by atoms with Crippen molar-refractivity contribution in [2.75, 3.05) is 23.7 Å². The predicted octanol–water partition coefficient (Wildman–Crippen LogP) is 3.41. The number of nitrogen functional groups attached to an aromatic ring is 1. The van der Waals surface area contributed by atoms with Gasteiger partial charge in [-0.3, -0.25) is 4.79 Å². The zero-order valence-electron chi connectivity index (χ0n) is 11.7. The number of nitrogens with zero attached hydrogens (tertiary/aromatic N) is 1. The molecule has 2 unspecified atom stereocenters. The van der Waals surface area contributed by atoms with Crippen LogP contribution in [0.15, 0.2) is 6.07 Å². The number of nitrogens with two attached hydrogens (primary N) is 1. The van der Waals surface area contributed by atoms with E-state index in [4.69, 9.17) is 5.73 Å². The molecule has 19 heavy (non-hydrogen) atoms. The molecule has 4 heteroatoms. The molecule has 1 saturated carbocycles. The van der Waals surface area contributed by atoms with E-state index in [-0.39, 0.29) is 11.7 Å². The van der Waals surface area contributed by atoms with Gasteiger partial charge >= 0.3 is 0 Å². The molecule has 0 aromatic carbocycles. The summed E-state index contributed by atoms with van der Waals surface area (Å²) < 4.78 is 0. The van der Waals surface area contributed by atoms with Gasteiger partial charge in [0.15, 0.2) is 5.78 Å². The fourth-order valence-corrected chi connectivity index (χ4v) is 3.87. The molecule has 0 spiro atoms. The van der Waals surface area contributed by atoms with Crippen molar-refractivity contribution in [3.63, 3.8) is 0 Å². The van der Waals surface area contributed by atoms with Gasteiger partial charge < -0.3 is 10.6 Å². The van der Waals surface area contributed by atoms with Gasteiger partial charge in [0, 0.05) is 19.0 Å². The van der Waals surface area contributed by atoms with Crippen LogP contribution in [0.2, 0.25) is 0 Å². The van der Waals surface area contributed by atoms with Crippen molar-refractivity contribution >= 4 is 27.8 Å². The minimum absolute atomic E-state index is 0.258. The topological polar surface area (TPSA) is 46.3 Å². The Morgan fingerprint density at radius 1 is 1.32 bits per heavy atom. The lowest BCUT2D eigenvalue weighted by molar-refractivity contribution is 0.0972. The summed E-state index contributed by atoms with van der Waals surface area (Å²) in [5, 5.41) is 1.18. The summed E-state index contributed by atoms with van der Waals surface area (Å²) in [6.45, 7) is 6.80. The Labute approximate surface area is 118 Å². The van der Waals surface area contributed by atoms with Gasteiger partial charge in [-0.1, -0.05) is 13.8 Å². The molecule has 3 nitrogen and oxygen atoms in total. The number of hydrogen-bond donors (Lipinski definition) is 1. The summed E-state index contributed by atoms with van der Waals surface area (Å²) >= 11 is 1.60. The van der Waals surface area contributed by atoms with Crippen molar-refractivity contribution in [1.29, 1.82) is 0 Å². The van der Waals surface area contributed by atoms with Crippen LogP contribution in [0, 0.1) is 17.8 Å². The largest absolute Gasteiger partial charge is 0.397 e. The van der Waals surface area contributed by atoms with Crippen LogP contribution >= 0.6 is 11.3 Å². The maximum Gasteiger partial charge on any atom is 0.178 e. The lowest BCUT2D eigenvalue weighted by atomic mass is 9.89. The Hall–Kier alpha value is -1.03. The number of Topliss-reactive ketones (excluding diaryl/α,β-unsaturated/α-hetero) is 1. The second-order valence-corrected chi connectivity index (χ2v) is 7.23. The molecule has 1 saturated heterocycles. The molecule has 0 bridgehead atoms. The summed E-state index contributed by atoms with van der Waals surface area (Å²) in [6, 6.07) is 2.00. The summed E-state index contributed by atoms with van der Waals surface area (Å²) in [6.07, 6.45) is 3.32. The van der Waals surface area contributed by atoms with Crippen molar-refractivity contribution in [3.8, 4) is 0 Å². The number of rotatable bonds is 3. The van der Waals surface area contributed by atoms with Gasteiger partial charge in [-0.25, -0.2) is 0 Å². The molecule has 3 rings (SSSR count). The summed E-state index contributed by atoms with van der Waals surface area (Å²) in [5.41, 5.74) is 6.72. The van der Waals surface area contributed by atoms with Gasteiger partial charge in [0.25, 0.3) is 0 Å². The van der Waals surface area contributed by atoms with E-state index in [9.17, 15) is 4.79 Å². The van der Waals surface area contributed by atoms with Crippen molar-refractivity contribution in [3.05, 3.63) is 10.9 Å². The second-order valence-electron chi connectivity index (χ2n) is 6.20. The highest BCUT2D eigenvalue weighted by molar-refractivity contribution is 7.18. The zero-order chi connectivity index (χ0) is 13.6. The van der Waals surface area contributed by atoms with Gasteiger partial charge in [-0.2, -0.15) is 0 Å². The smallest absolute Gasteiger partial charge is 0.178 e. The van der Waals surface area contributed by atoms with Crippen LogP contribution in [0.25, 0.3) is 0 Å². The Balaban J connectivity index is 1.78. The molecule has 104 valence electrons. The molecular weight excluding hydrogens is 256 g/mol. The SMILES string of the molecule is CC1CCN(c2cc(N)c(C(=O)C3CC3)s2)CC1C. The first kappa shape index (κ1) is 13.0. The number of hydrogen-bond acceptors (Lipinski definition) is 4. The lowest BCUT2D eigenvalue weighted by Crippen LogP contribution is -2.37. The molecule has 2 atom stereocenters. The first-order valence-electron chi connectivity index (χ1n) is 7.24. The fourth-order valence-electron chi connectivity index (χ4n) is 2.73. The molecule has 2 aliphatic rings. The minimum Gasteiger partial charge on any atom is -0.397 e. The van der Waals surface area contributed by atoms with Gasteiger partial charge in [0.2, 0.25) is 0 Å². The highest BCUT2D eigenvalue weighted by Gasteiger charge is 2.33. The Morgan fingerprint density at radius 2 is 2.05 bits per heavy atom. The van der Waals surface area contributed by atoms with E-state index in [0.717, 1.165) is 36.7 Å². The first-order chi connectivity index (χ1) is 9.06. The van der Waals surface area contributed by atoms with E-state index in [2.05, 4.69) is 18.7 Å². The molecule has 2 fully saturated rings. The molecule has 2 N–H and O–H groups in total. The van der Waals surface area contributed by atoms with Crippen LogP contribution in [0.4, 0.5) is 10.7 Å². The van der Waals surface area contributed by atoms with E-state index in [0.29, 0.717) is 11.6 Å². The van der Waals surface area contributed by atoms with Crippen molar-refractivity contribution in [2.45, 2.75) is 33.1 Å².